The molecule has 5 aromatic rings. The quantitative estimate of drug-likeness (QED) is 0.113. The van der Waals surface area contributed by atoms with Crippen LogP contribution >= 0.6 is 11.6 Å². The Morgan fingerprint density at radius 2 is 1.50 bits per heavy atom. The molecule has 0 saturated carbocycles. The SMILES string of the molecule is CCOc1ccc2c(c1)Oc1cc(OC(=O)c3ccccc3)ccc1C21c2ccccc2C(=O)N1/N=C/c1ccc(Cl)cc1. The van der Waals surface area contributed by atoms with Gasteiger partial charge in [0.2, 0.25) is 0 Å². The zero-order valence-electron chi connectivity index (χ0n) is 23.6. The van der Waals surface area contributed by atoms with Crippen molar-refractivity contribution in [3.05, 3.63) is 154 Å². The largest absolute Gasteiger partial charge is 0.494 e. The number of hydrazone groups is 1. The number of rotatable bonds is 6. The Balaban J connectivity index is 1.42. The van der Waals surface area contributed by atoms with Gasteiger partial charge in [0.15, 0.2) is 0 Å². The van der Waals surface area contributed by atoms with E-state index >= 15 is 0 Å². The van der Waals surface area contributed by atoms with E-state index in [0.29, 0.717) is 56.9 Å². The maximum Gasteiger partial charge on any atom is 0.343 e. The van der Waals surface area contributed by atoms with Crippen LogP contribution in [0.4, 0.5) is 0 Å². The second-order valence-electron chi connectivity index (χ2n) is 10.3. The van der Waals surface area contributed by atoms with Crippen LogP contribution in [0.15, 0.2) is 120 Å². The minimum absolute atomic E-state index is 0.266. The number of hydrogen-bond acceptors (Lipinski definition) is 6. The topological polar surface area (TPSA) is 77.4 Å². The van der Waals surface area contributed by atoms with Crippen LogP contribution in [0.5, 0.6) is 23.0 Å². The van der Waals surface area contributed by atoms with Crippen molar-refractivity contribution in [2.75, 3.05) is 6.61 Å². The van der Waals surface area contributed by atoms with Gasteiger partial charge < -0.3 is 14.2 Å². The number of ether oxygens (including phenoxy) is 3. The molecule has 0 fully saturated rings. The van der Waals surface area contributed by atoms with Crippen LogP contribution in [-0.2, 0) is 5.54 Å². The normalized spacial score (nSPS) is 16.3. The van der Waals surface area contributed by atoms with Crippen molar-refractivity contribution in [3.8, 4) is 23.0 Å². The molecule has 5 aromatic carbocycles. The molecule has 0 aliphatic carbocycles. The average Bonchev–Trinajstić information content (AvgIpc) is 3.29. The third-order valence-corrected chi connectivity index (χ3v) is 7.94. The molecule has 7 rings (SSSR count). The first kappa shape index (κ1) is 27.4. The van der Waals surface area contributed by atoms with Gasteiger partial charge in [-0.25, -0.2) is 9.80 Å². The van der Waals surface area contributed by atoms with Crippen molar-refractivity contribution >= 4 is 29.7 Å². The Labute approximate surface area is 258 Å². The number of benzene rings is 5. The van der Waals surface area contributed by atoms with Crippen molar-refractivity contribution < 1.29 is 23.8 Å². The first-order valence-corrected chi connectivity index (χ1v) is 14.5. The first-order chi connectivity index (χ1) is 21.5. The summed E-state index contributed by atoms with van der Waals surface area (Å²) in [7, 11) is 0. The Morgan fingerprint density at radius 1 is 0.841 bits per heavy atom. The maximum atomic E-state index is 14.2. The standard InChI is InChI=1S/C36H25ClN2O5/c1-2-42-26-16-18-30-32(20-26)44-33-21-27(43-35(41)24-8-4-3-5-9-24)17-19-31(33)36(30)29-11-7-6-10-28(29)34(40)39(36)38-22-23-12-14-25(37)15-13-23/h3-22H,2H2,1H3/b38-22+. The maximum absolute atomic E-state index is 14.2. The number of fused-ring (bicyclic) bond motifs is 6. The summed E-state index contributed by atoms with van der Waals surface area (Å²) in [5, 5.41) is 6.91. The summed E-state index contributed by atoms with van der Waals surface area (Å²) in [6.07, 6.45) is 1.64. The predicted molar refractivity (Wildman–Crippen MR) is 167 cm³/mol. The van der Waals surface area contributed by atoms with Crippen LogP contribution in [0.3, 0.4) is 0 Å². The van der Waals surface area contributed by atoms with Crippen molar-refractivity contribution in [1.29, 1.82) is 0 Å². The van der Waals surface area contributed by atoms with E-state index in [9.17, 15) is 9.59 Å². The zero-order chi connectivity index (χ0) is 30.3. The molecule has 1 atom stereocenters. The number of carbonyl (C=O) groups excluding carboxylic acids is 2. The summed E-state index contributed by atoms with van der Waals surface area (Å²) in [5.41, 5.74) is 2.67. The van der Waals surface area contributed by atoms with Gasteiger partial charge in [0.1, 0.15) is 28.5 Å². The molecule has 0 N–H and O–H groups in total. The first-order valence-electron chi connectivity index (χ1n) is 14.1. The highest BCUT2D eigenvalue weighted by atomic mass is 35.5. The van der Waals surface area contributed by atoms with E-state index in [1.54, 1.807) is 66.9 Å². The molecule has 0 saturated heterocycles. The molecule has 2 aliphatic heterocycles. The van der Waals surface area contributed by atoms with Gasteiger partial charge in [-0.05, 0) is 67.1 Å². The average molecular weight is 601 g/mol. The van der Waals surface area contributed by atoms with E-state index in [1.165, 1.54) is 5.01 Å². The van der Waals surface area contributed by atoms with Crippen molar-refractivity contribution in [3.63, 3.8) is 0 Å². The zero-order valence-corrected chi connectivity index (χ0v) is 24.3. The predicted octanol–water partition coefficient (Wildman–Crippen LogP) is 7.85. The summed E-state index contributed by atoms with van der Waals surface area (Å²) >= 11 is 6.10. The number of amides is 1. The number of halogens is 1. The highest BCUT2D eigenvalue weighted by Gasteiger charge is 2.57. The lowest BCUT2D eigenvalue weighted by Gasteiger charge is -2.41. The van der Waals surface area contributed by atoms with E-state index in [2.05, 4.69) is 0 Å². The number of carbonyl (C=O) groups is 2. The lowest BCUT2D eigenvalue weighted by atomic mass is 9.75. The minimum Gasteiger partial charge on any atom is -0.494 e. The molecular weight excluding hydrogens is 576 g/mol. The van der Waals surface area contributed by atoms with Crippen LogP contribution < -0.4 is 14.2 Å². The van der Waals surface area contributed by atoms with E-state index in [-0.39, 0.29) is 5.91 Å². The third-order valence-electron chi connectivity index (χ3n) is 7.69. The van der Waals surface area contributed by atoms with Crippen LogP contribution in [0, 0.1) is 0 Å². The molecule has 2 heterocycles. The second kappa shape index (κ2) is 11.0. The van der Waals surface area contributed by atoms with Gasteiger partial charge in [-0.15, -0.1) is 0 Å². The van der Waals surface area contributed by atoms with Gasteiger partial charge in [0, 0.05) is 39.4 Å². The summed E-state index contributed by atoms with van der Waals surface area (Å²) in [6, 6.07) is 34.2. The van der Waals surface area contributed by atoms with Crippen molar-refractivity contribution in [2.45, 2.75) is 12.5 Å². The van der Waals surface area contributed by atoms with Crippen LogP contribution in [-0.4, -0.2) is 29.7 Å². The molecule has 8 heteroatoms. The molecule has 0 bridgehead atoms. The molecule has 2 aliphatic rings. The Morgan fingerprint density at radius 3 is 2.23 bits per heavy atom. The van der Waals surface area contributed by atoms with Crippen molar-refractivity contribution in [1.82, 2.24) is 5.01 Å². The molecule has 7 nitrogen and oxygen atoms in total. The highest BCUT2D eigenvalue weighted by molar-refractivity contribution is 6.30. The molecule has 1 spiro atoms. The van der Waals surface area contributed by atoms with E-state index in [4.69, 9.17) is 30.9 Å². The number of hydrogen-bond donors (Lipinski definition) is 0. The van der Waals surface area contributed by atoms with Crippen LogP contribution in [0.2, 0.25) is 5.02 Å². The van der Waals surface area contributed by atoms with Crippen molar-refractivity contribution in [2.24, 2.45) is 5.10 Å². The molecular formula is C36H25ClN2O5. The fourth-order valence-electron chi connectivity index (χ4n) is 5.79. The summed E-state index contributed by atoms with van der Waals surface area (Å²) in [5.74, 6) is 1.06. The number of nitrogens with zero attached hydrogens (tertiary/aromatic N) is 2. The van der Waals surface area contributed by atoms with Gasteiger partial charge in [0.25, 0.3) is 5.91 Å². The molecule has 216 valence electrons. The van der Waals surface area contributed by atoms with Crippen LogP contribution in [0.1, 0.15) is 49.9 Å². The van der Waals surface area contributed by atoms with E-state index < -0.39 is 11.5 Å². The smallest absolute Gasteiger partial charge is 0.343 e. The second-order valence-corrected chi connectivity index (χ2v) is 10.7. The molecule has 0 aromatic heterocycles. The fraction of sp³-hybridized carbons (Fsp3) is 0.0833. The summed E-state index contributed by atoms with van der Waals surface area (Å²) < 4.78 is 18.0. The molecule has 1 amide bonds. The third kappa shape index (κ3) is 4.49. The molecule has 44 heavy (non-hydrogen) atoms. The van der Waals surface area contributed by atoms with E-state index in [1.807, 2.05) is 61.5 Å². The van der Waals surface area contributed by atoms with Gasteiger partial charge in [-0.1, -0.05) is 60.1 Å². The lowest BCUT2D eigenvalue weighted by Crippen LogP contribution is -2.44. The van der Waals surface area contributed by atoms with Crippen LogP contribution in [0.25, 0.3) is 0 Å². The van der Waals surface area contributed by atoms with Gasteiger partial charge in [-0.2, -0.15) is 5.10 Å². The Bertz CT molecular complexity index is 1940. The van der Waals surface area contributed by atoms with Gasteiger partial charge in [-0.3, -0.25) is 4.79 Å². The minimum atomic E-state index is -1.19. The highest BCUT2D eigenvalue weighted by Crippen LogP contribution is 2.58. The Kier molecular flexibility index (Phi) is 6.87. The monoisotopic (exact) mass is 600 g/mol. The summed E-state index contributed by atoms with van der Waals surface area (Å²) in [4.78, 5) is 27.0. The molecule has 1 unspecified atom stereocenters. The van der Waals surface area contributed by atoms with Gasteiger partial charge in [0.05, 0.1) is 18.4 Å². The summed E-state index contributed by atoms with van der Waals surface area (Å²) in [6.45, 7) is 2.38. The fourth-order valence-corrected chi connectivity index (χ4v) is 5.92. The number of esters is 1. The Hall–Kier alpha value is -5.40. The van der Waals surface area contributed by atoms with E-state index in [0.717, 1.165) is 11.1 Å². The van der Waals surface area contributed by atoms with Gasteiger partial charge >= 0.3 is 5.97 Å². The lowest BCUT2D eigenvalue weighted by molar-refractivity contribution is 0.0675. The molecule has 0 radical (unpaired) electrons.